The van der Waals surface area contributed by atoms with Crippen LogP contribution < -0.4 is 10.5 Å². The Morgan fingerprint density at radius 2 is 1.85 bits per heavy atom. The second-order valence-electron chi connectivity index (χ2n) is 3.28. The Kier molecular flexibility index (Phi) is 3.17. The Hall–Kier alpha value is -0.730. The first kappa shape index (κ1) is 10.4. The maximum atomic E-state index is 5.74. The first-order valence-electron chi connectivity index (χ1n) is 4.21. The van der Waals surface area contributed by atoms with Crippen molar-refractivity contribution in [2.75, 3.05) is 7.11 Å². The van der Waals surface area contributed by atoms with Crippen LogP contribution in [0.2, 0.25) is 0 Å². The summed E-state index contributed by atoms with van der Waals surface area (Å²) in [5, 5.41) is 0. The minimum absolute atomic E-state index is 0. The standard InChI is InChI=1S/C10H13NO.ClH/c1-12-8-4-2-7(3-5-8)9-6-10(9)11;/h2-5,9-10H,6,11H2,1H3;1H/t9-,10+;/m0./s1. The molecule has 0 bridgehead atoms. The second kappa shape index (κ2) is 3.99. The second-order valence-corrected chi connectivity index (χ2v) is 3.28. The molecule has 72 valence electrons. The summed E-state index contributed by atoms with van der Waals surface area (Å²) in [5.41, 5.74) is 7.07. The molecule has 1 aromatic rings. The van der Waals surface area contributed by atoms with Crippen molar-refractivity contribution in [3.8, 4) is 5.75 Å². The molecule has 0 radical (unpaired) electrons. The quantitative estimate of drug-likeness (QED) is 0.790. The smallest absolute Gasteiger partial charge is 0.118 e. The van der Waals surface area contributed by atoms with Crippen molar-refractivity contribution in [1.82, 2.24) is 0 Å². The Morgan fingerprint density at radius 3 is 2.23 bits per heavy atom. The predicted octanol–water partition coefficient (Wildman–Crippen LogP) is 1.93. The molecular weight excluding hydrogens is 186 g/mol. The lowest BCUT2D eigenvalue weighted by Crippen LogP contribution is -2.00. The monoisotopic (exact) mass is 199 g/mol. The minimum Gasteiger partial charge on any atom is -0.497 e. The van der Waals surface area contributed by atoms with Gasteiger partial charge in [-0.2, -0.15) is 0 Å². The summed E-state index contributed by atoms with van der Waals surface area (Å²) < 4.78 is 5.06. The molecule has 13 heavy (non-hydrogen) atoms. The van der Waals surface area contributed by atoms with E-state index in [2.05, 4.69) is 12.1 Å². The number of rotatable bonds is 2. The molecule has 1 aliphatic carbocycles. The first-order valence-corrected chi connectivity index (χ1v) is 4.21. The van der Waals surface area contributed by atoms with Gasteiger partial charge in [0.05, 0.1) is 7.11 Å². The highest BCUT2D eigenvalue weighted by molar-refractivity contribution is 5.85. The molecule has 1 aromatic carbocycles. The van der Waals surface area contributed by atoms with Crippen LogP contribution in [0.25, 0.3) is 0 Å². The zero-order chi connectivity index (χ0) is 8.55. The molecule has 2 rings (SSSR count). The van der Waals surface area contributed by atoms with Gasteiger partial charge in [-0.25, -0.2) is 0 Å². The van der Waals surface area contributed by atoms with Gasteiger partial charge in [0.25, 0.3) is 0 Å². The van der Waals surface area contributed by atoms with Crippen molar-refractivity contribution in [2.45, 2.75) is 18.4 Å². The van der Waals surface area contributed by atoms with Gasteiger partial charge in [-0.05, 0) is 24.1 Å². The summed E-state index contributed by atoms with van der Waals surface area (Å²) in [4.78, 5) is 0. The van der Waals surface area contributed by atoms with Crippen molar-refractivity contribution in [1.29, 1.82) is 0 Å². The van der Waals surface area contributed by atoms with Crippen LogP contribution >= 0.6 is 12.4 Å². The van der Waals surface area contributed by atoms with Crippen molar-refractivity contribution >= 4 is 12.4 Å². The van der Waals surface area contributed by atoms with Crippen LogP contribution in [0.4, 0.5) is 0 Å². The summed E-state index contributed by atoms with van der Waals surface area (Å²) in [6.45, 7) is 0. The highest BCUT2D eigenvalue weighted by atomic mass is 35.5. The number of halogens is 1. The Labute approximate surface area is 84.5 Å². The Balaban J connectivity index is 0.000000845. The SMILES string of the molecule is COc1ccc([C@@H]2C[C@H]2N)cc1.Cl. The lowest BCUT2D eigenvalue weighted by atomic mass is 10.1. The van der Waals surface area contributed by atoms with Gasteiger partial charge in [0.2, 0.25) is 0 Å². The molecule has 0 aliphatic heterocycles. The number of methoxy groups -OCH3 is 1. The number of hydrogen-bond donors (Lipinski definition) is 1. The minimum atomic E-state index is 0. The molecule has 0 aromatic heterocycles. The highest BCUT2D eigenvalue weighted by Gasteiger charge is 2.34. The van der Waals surface area contributed by atoms with Crippen molar-refractivity contribution in [3.05, 3.63) is 29.8 Å². The van der Waals surface area contributed by atoms with E-state index in [1.54, 1.807) is 7.11 Å². The maximum Gasteiger partial charge on any atom is 0.118 e. The van der Waals surface area contributed by atoms with Crippen molar-refractivity contribution in [3.63, 3.8) is 0 Å². The summed E-state index contributed by atoms with van der Waals surface area (Å²) in [6, 6.07) is 8.55. The first-order chi connectivity index (χ1) is 5.81. The van der Waals surface area contributed by atoms with E-state index < -0.39 is 0 Å². The van der Waals surface area contributed by atoms with Gasteiger partial charge < -0.3 is 10.5 Å². The molecule has 0 unspecified atom stereocenters. The van der Waals surface area contributed by atoms with Gasteiger partial charge in [-0.15, -0.1) is 12.4 Å². The van der Waals surface area contributed by atoms with Crippen molar-refractivity contribution in [2.24, 2.45) is 5.73 Å². The highest BCUT2D eigenvalue weighted by Crippen LogP contribution is 2.39. The number of nitrogens with two attached hydrogens (primary N) is 1. The lowest BCUT2D eigenvalue weighted by molar-refractivity contribution is 0.414. The van der Waals surface area contributed by atoms with Crippen LogP contribution in [0, 0.1) is 0 Å². The summed E-state index contributed by atoms with van der Waals surface area (Å²) >= 11 is 0. The third-order valence-corrected chi connectivity index (χ3v) is 2.38. The van der Waals surface area contributed by atoms with E-state index in [-0.39, 0.29) is 12.4 Å². The fourth-order valence-corrected chi connectivity index (χ4v) is 1.45. The molecule has 1 aliphatic rings. The van der Waals surface area contributed by atoms with Gasteiger partial charge in [0.1, 0.15) is 5.75 Å². The van der Waals surface area contributed by atoms with Gasteiger partial charge in [0, 0.05) is 12.0 Å². The molecule has 1 fully saturated rings. The van der Waals surface area contributed by atoms with E-state index in [0.717, 1.165) is 12.2 Å². The molecule has 2 nitrogen and oxygen atoms in total. The molecule has 2 atom stereocenters. The van der Waals surface area contributed by atoms with Crippen LogP contribution in [-0.2, 0) is 0 Å². The molecule has 0 heterocycles. The lowest BCUT2D eigenvalue weighted by Gasteiger charge is -2.01. The number of benzene rings is 1. The fraction of sp³-hybridized carbons (Fsp3) is 0.400. The average Bonchev–Trinajstić information content (AvgIpc) is 2.83. The molecule has 0 saturated heterocycles. The van der Waals surface area contributed by atoms with E-state index in [9.17, 15) is 0 Å². The zero-order valence-corrected chi connectivity index (χ0v) is 8.38. The summed E-state index contributed by atoms with van der Waals surface area (Å²) in [5.74, 6) is 1.50. The van der Waals surface area contributed by atoms with E-state index in [0.29, 0.717) is 12.0 Å². The van der Waals surface area contributed by atoms with Gasteiger partial charge in [-0.1, -0.05) is 12.1 Å². The third-order valence-electron chi connectivity index (χ3n) is 2.38. The fourth-order valence-electron chi connectivity index (χ4n) is 1.45. The Morgan fingerprint density at radius 1 is 1.31 bits per heavy atom. The van der Waals surface area contributed by atoms with Crippen LogP contribution in [-0.4, -0.2) is 13.2 Å². The topological polar surface area (TPSA) is 35.2 Å². The number of hydrogen-bond acceptors (Lipinski definition) is 2. The Bertz CT molecular complexity index is 273. The zero-order valence-electron chi connectivity index (χ0n) is 7.57. The normalized spacial score (nSPS) is 24.8. The maximum absolute atomic E-state index is 5.74. The molecule has 3 heteroatoms. The third kappa shape index (κ3) is 2.14. The molecule has 2 N–H and O–H groups in total. The van der Waals surface area contributed by atoms with Crippen LogP contribution in [0.3, 0.4) is 0 Å². The summed E-state index contributed by atoms with van der Waals surface area (Å²) in [6.07, 6.45) is 1.13. The molecule has 1 saturated carbocycles. The summed E-state index contributed by atoms with van der Waals surface area (Å²) in [7, 11) is 1.68. The van der Waals surface area contributed by atoms with Gasteiger partial charge >= 0.3 is 0 Å². The van der Waals surface area contributed by atoms with Gasteiger partial charge in [-0.3, -0.25) is 0 Å². The number of ether oxygens (including phenoxy) is 1. The molecule has 0 spiro atoms. The average molecular weight is 200 g/mol. The van der Waals surface area contributed by atoms with Crippen molar-refractivity contribution < 1.29 is 4.74 Å². The molecular formula is C10H14ClNO. The van der Waals surface area contributed by atoms with Crippen LogP contribution in [0.5, 0.6) is 5.75 Å². The van der Waals surface area contributed by atoms with E-state index in [1.807, 2.05) is 12.1 Å². The predicted molar refractivity (Wildman–Crippen MR) is 55.6 cm³/mol. The largest absolute Gasteiger partial charge is 0.497 e. The van der Waals surface area contributed by atoms with E-state index >= 15 is 0 Å². The van der Waals surface area contributed by atoms with Crippen LogP contribution in [0.1, 0.15) is 17.9 Å². The van der Waals surface area contributed by atoms with Crippen LogP contribution in [0.15, 0.2) is 24.3 Å². The van der Waals surface area contributed by atoms with Gasteiger partial charge in [0.15, 0.2) is 0 Å². The van der Waals surface area contributed by atoms with E-state index in [4.69, 9.17) is 10.5 Å². The molecule has 0 amide bonds. The van der Waals surface area contributed by atoms with E-state index in [1.165, 1.54) is 5.56 Å².